The van der Waals surface area contributed by atoms with Gasteiger partial charge in [0.1, 0.15) is 4.33 Å². The molecule has 7 unspecified atom stereocenters. The summed E-state index contributed by atoms with van der Waals surface area (Å²) in [5.74, 6) is 8.82. The zero-order valence-electron chi connectivity index (χ0n) is 7.08. The summed E-state index contributed by atoms with van der Waals surface area (Å²) in [4.78, 5) is 0. The van der Waals surface area contributed by atoms with Crippen molar-refractivity contribution in [1.29, 1.82) is 0 Å². The molecule has 0 N–H and O–H groups in total. The van der Waals surface area contributed by atoms with Crippen molar-refractivity contribution in [1.82, 2.24) is 0 Å². The van der Waals surface area contributed by atoms with Crippen molar-refractivity contribution >= 4 is 23.2 Å². The minimum absolute atomic E-state index is 0.289. The fourth-order valence-corrected chi connectivity index (χ4v) is 7.81. The standard InChI is InChI=1S/C11H10Cl2/c12-11(13)1-10(11)8-4-2-3-6(8)7(3)9(10)5(2)4/h2-9H,1H2/t2?,3?,4-,5+,6?,7?,8?,9?,10?. The Balaban J connectivity index is 1.69. The lowest BCUT2D eigenvalue weighted by atomic mass is 9.87. The van der Waals surface area contributed by atoms with E-state index in [2.05, 4.69) is 0 Å². The molecule has 0 radical (unpaired) electrons. The van der Waals surface area contributed by atoms with E-state index in [1.807, 2.05) is 0 Å². The molecule has 0 saturated heterocycles. The van der Waals surface area contributed by atoms with Gasteiger partial charge in [0.05, 0.1) is 0 Å². The number of hydrogen-bond donors (Lipinski definition) is 0. The van der Waals surface area contributed by atoms with Gasteiger partial charge in [-0.1, -0.05) is 0 Å². The number of hydrogen-bond acceptors (Lipinski definition) is 0. The molecule has 0 amide bonds. The lowest BCUT2D eigenvalue weighted by Gasteiger charge is -2.20. The Hall–Kier alpha value is 0.580. The van der Waals surface area contributed by atoms with Crippen molar-refractivity contribution in [3.05, 3.63) is 0 Å². The van der Waals surface area contributed by atoms with Gasteiger partial charge in [0.2, 0.25) is 0 Å². The average molecular weight is 213 g/mol. The average Bonchev–Trinajstić information content (AvgIpc) is 2.94. The third-order valence-corrected chi connectivity index (χ3v) is 7.72. The Morgan fingerprint density at radius 2 is 1.15 bits per heavy atom. The van der Waals surface area contributed by atoms with Crippen LogP contribution in [-0.2, 0) is 0 Å². The first-order chi connectivity index (χ1) is 6.20. The van der Waals surface area contributed by atoms with Gasteiger partial charge in [0.15, 0.2) is 0 Å². The number of halogens is 2. The molecule has 7 fully saturated rings. The zero-order chi connectivity index (χ0) is 8.33. The number of rotatable bonds is 0. The maximum absolute atomic E-state index is 6.38. The quantitative estimate of drug-likeness (QED) is 0.542. The first kappa shape index (κ1) is 6.23. The second-order valence-electron chi connectivity index (χ2n) is 6.44. The molecule has 1 spiro atoms. The van der Waals surface area contributed by atoms with E-state index < -0.39 is 0 Å². The molecule has 68 valence electrons. The maximum Gasteiger partial charge on any atom is 0.125 e. The predicted octanol–water partition coefficient (Wildman–Crippen LogP) is 2.55. The Kier molecular flexibility index (Phi) is 0.572. The van der Waals surface area contributed by atoms with Gasteiger partial charge in [-0.3, -0.25) is 0 Å². The molecule has 0 aliphatic heterocycles. The smallest absolute Gasteiger partial charge is 0.101 e. The van der Waals surface area contributed by atoms with Crippen LogP contribution >= 0.6 is 23.2 Å². The predicted molar refractivity (Wildman–Crippen MR) is 49.4 cm³/mol. The molecule has 2 bridgehead atoms. The van der Waals surface area contributed by atoms with Crippen molar-refractivity contribution in [2.24, 2.45) is 52.8 Å². The van der Waals surface area contributed by atoms with Crippen molar-refractivity contribution in [3.8, 4) is 0 Å². The van der Waals surface area contributed by atoms with Crippen molar-refractivity contribution in [3.63, 3.8) is 0 Å². The Labute approximate surface area is 87.0 Å². The summed E-state index contributed by atoms with van der Waals surface area (Å²) in [5, 5.41) is 0. The highest BCUT2D eigenvalue weighted by Gasteiger charge is 3.02. The van der Waals surface area contributed by atoms with Crippen molar-refractivity contribution < 1.29 is 0 Å². The van der Waals surface area contributed by atoms with Crippen LogP contribution in [0, 0.1) is 52.8 Å². The molecule has 13 heavy (non-hydrogen) atoms. The molecule has 7 rings (SSSR count). The Bertz CT molecular complexity index is 342. The van der Waals surface area contributed by atoms with E-state index >= 15 is 0 Å². The summed E-state index contributed by atoms with van der Waals surface area (Å²) < 4.78 is -0.289. The normalized spacial score (nSPS) is 90.9. The summed E-state index contributed by atoms with van der Waals surface area (Å²) in [6, 6.07) is 0. The molecule has 7 saturated carbocycles. The van der Waals surface area contributed by atoms with Gasteiger partial charge < -0.3 is 0 Å². The largest absolute Gasteiger partial charge is 0.125 e. The molecule has 9 atom stereocenters. The molecule has 0 aromatic carbocycles. The van der Waals surface area contributed by atoms with E-state index in [1.54, 1.807) is 0 Å². The zero-order valence-corrected chi connectivity index (χ0v) is 8.59. The van der Waals surface area contributed by atoms with Gasteiger partial charge in [-0.05, 0) is 53.8 Å². The molecule has 0 aromatic rings. The third kappa shape index (κ3) is 0.327. The Morgan fingerprint density at radius 1 is 0.769 bits per heavy atom. The second-order valence-corrected chi connectivity index (χ2v) is 7.92. The van der Waals surface area contributed by atoms with Gasteiger partial charge in [0.25, 0.3) is 0 Å². The molecular formula is C11H10Cl2. The first-order valence-electron chi connectivity index (χ1n) is 5.58. The second kappa shape index (κ2) is 1.19. The fourth-order valence-electron chi connectivity index (χ4n) is 6.87. The van der Waals surface area contributed by atoms with Gasteiger partial charge in [-0.25, -0.2) is 0 Å². The Morgan fingerprint density at radius 3 is 1.46 bits per heavy atom. The van der Waals surface area contributed by atoms with Crippen LogP contribution < -0.4 is 0 Å². The molecule has 2 heteroatoms. The van der Waals surface area contributed by atoms with Crippen LogP contribution in [0.2, 0.25) is 0 Å². The third-order valence-electron chi connectivity index (χ3n) is 6.75. The van der Waals surface area contributed by atoms with Crippen LogP contribution in [0.4, 0.5) is 0 Å². The van der Waals surface area contributed by atoms with E-state index in [0.717, 1.165) is 41.9 Å². The van der Waals surface area contributed by atoms with Crippen LogP contribution in [-0.4, -0.2) is 4.33 Å². The van der Waals surface area contributed by atoms with E-state index in [1.165, 1.54) is 11.8 Å². The molecule has 0 aromatic heterocycles. The van der Waals surface area contributed by atoms with Crippen molar-refractivity contribution in [2.75, 3.05) is 0 Å². The fraction of sp³-hybridized carbons (Fsp3) is 1.00. The maximum atomic E-state index is 6.38. The van der Waals surface area contributed by atoms with Crippen LogP contribution in [0.5, 0.6) is 0 Å². The lowest BCUT2D eigenvalue weighted by Crippen LogP contribution is -2.20. The minimum atomic E-state index is -0.289. The molecule has 7 aliphatic carbocycles. The van der Waals surface area contributed by atoms with Gasteiger partial charge in [-0.15, -0.1) is 23.2 Å². The molecule has 0 heterocycles. The van der Waals surface area contributed by atoms with Gasteiger partial charge in [-0.2, -0.15) is 0 Å². The highest BCUT2D eigenvalue weighted by molar-refractivity contribution is 6.51. The van der Waals surface area contributed by atoms with E-state index in [4.69, 9.17) is 23.2 Å². The lowest BCUT2D eigenvalue weighted by molar-refractivity contribution is 0.298. The summed E-state index contributed by atoms with van der Waals surface area (Å²) >= 11 is 12.8. The molecule has 7 aliphatic rings. The summed E-state index contributed by atoms with van der Waals surface area (Å²) in [6.07, 6.45) is 1.14. The summed E-state index contributed by atoms with van der Waals surface area (Å²) in [5.41, 5.74) is 0.463. The first-order valence-corrected chi connectivity index (χ1v) is 6.34. The van der Waals surface area contributed by atoms with Crippen LogP contribution in [0.3, 0.4) is 0 Å². The highest BCUT2D eigenvalue weighted by Crippen LogP contribution is 3.04. The van der Waals surface area contributed by atoms with Crippen LogP contribution in [0.15, 0.2) is 0 Å². The van der Waals surface area contributed by atoms with Gasteiger partial charge in [0, 0.05) is 5.41 Å². The SMILES string of the molecule is ClC1(Cl)CC12C1C3C4C3C2[C@@H]2C4[C@H]12. The monoisotopic (exact) mass is 212 g/mol. The van der Waals surface area contributed by atoms with Gasteiger partial charge >= 0.3 is 0 Å². The molecular weight excluding hydrogens is 203 g/mol. The molecule has 0 nitrogen and oxygen atoms in total. The van der Waals surface area contributed by atoms with Crippen LogP contribution in [0.1, 0.15) is 6.42 Å². The summed E-state index contributed by atoms with van der Waals surface area (Å²) in [7, 11) is 0. The van der Waals surface area contributed by atoms with E-state index in [-0.39, 0.29) is 4.33 Å². The van der Waals surface area contributed by atoms with E-state index in [9.17, 15) is 0 Å². The van der Waals surface area contributed by atoms with Crippen molar-refractivity contribution in [2.45, 2.75) is 10.8 Å². The highest BCUT2D eigenvalue weighted by atomic mass is 35.5. The topological polar surface area (TPSA) is 0 Å². The van der Waals surface area contributed by atoms with Crippen LogP contribution in [0.25, 0.3) is 0 Å². The minimum Gasteiger partial charge on any atom is -0.101 e. The summed E-state index contributed by atoms with van der Waals surface area (Å²) in [6.45, 7) is 0. The number of alkyl halides is 2. The van der Waals surface area contributed by atoms with E-state index in [0.29, 0.717) is 5.41 Å².